The van der Waals surface area contributed by atoms with Gasteiger partial charge in [0.2, 0.25) is 11.7 Å². The molecule has 2 aromatic carbocycles. The first-order valence-electron chi connectivity index (χ1n) is 8.89. The number of amides is 1. The predicted molar refractivity (Wildman–Crippen MR) is 102 cm³/mol. The molecule has 1 aromatic heterocycles. The van der Waals surface area contributed by atoms with Gasteiger partial charge in [0.1, 0.15) is 12.4 Å². The van der Waals surface area contributed by atoms with Gasteiger partial charge in [-0.2, -0.15) is 4.98 Å². The molecule has 0 aliphatic carbocycles. The lowest BCUT2D eigenvalue weighted by molar-refractivity contribution is 0.181. The molecule has 1 aliphatic heterocycles. The molecule has 28 heavy (non-hydrogen) atoms. The largest absolute Gasteiger partial charge is 0.447 e. The summed E-state index contributed by atoms with van der Waals surface area (Å²) >= 11 is 0. The second-order valence-electron chi connectivity index (χ2n) is 6.59. The highest BCUT2D eigenvalue weighted by atomic mass is 19.1. The highest BCUT2D eigenvalue weighted by Crippen LogP contribution is 2.26. The van der Waals surface area contributed by atoms with E-state index in [1.807, 2.05) is 25.1 Å². The lowest BCUT2D eigenvalue weighted by Crippen LogP contribution is -2.23. The molecular weight excluding hydrogens is 363 g/mol. The third kappa shape index (κ3) is 3.53. The van der Waals surface area contributed by atoms with Gasteiger partial charge in [0.25, 0.3) is 0 Å². The van der Waals surface area contributed by atoms with Crippen molar-refractivity contribution in [3.8, 4) is 11.4 Å². The van der Waals surface area contributed by atoms with Crippen LogP contribution in [0.1, 0.15) is 17.0 Å². The third-order valence-electron chi connectivity index (χ3n) is 4.62. The highest BCUT2D eigenvalue weighted by Gasteiger charge is 2.24. The number of hydrogen-bond donors (Lipinski definition) is 1. The molecule has 0 unspecified atom stereocenters. The summed E-state index contributed by atoms with van der Waals surface area (Å²) in [6, 6.07) is 10.5. The Morgan fingerprint density at radius 3 is 2.75 bits per heavy atom. The van der Waals surface area contributed by atoms with E-state index in [9.17, 15) is 9.18 Å². The summed E-state index contributed by atoms with van der Waals surface area (Å²) in [5.41, 5.74) is 3.74. The maximum absolute atomic E-state index is 13.7. The van der Waals surface area contributed by atoms with Crippen LogP contribution in [0.15, 0.2) is 40.9 Å². The quantitative estimate of drug-likeness (QED) is 0.717. The number of anilines is 2. The molecule has 2 heterocycles. The third-order valence-corrected chi connectivity index (χ3v) is 4.62. The van der Waals surface area contributed by atoms with E-state index in [1.54, 1.807) is 24.0 Å². The van der Waals surface area contributed by atoms with Gasteiger partial charge in [-0.15, -0.1) is 0 Å². The predicted octanol–water partition coefficient (Wildman–Crippen LogP) is 4.06. The van der Waals surface area contributed by atoms with Crippen LogP contribution < -0.4 is 10.2 Å². The summed E-state index contributed by atoms with van der Waals surface area (Å²) in [4.78, 5) is 17.7. The van der Waals surface area contributed by atoms with Crippen molar-refractivity contribution in [1.82, 2.24) is 10.1 Å². The Hall–Kier alpha value is -3.42. The Labute approximate surface area is 161 Å². The minimum absolute atomic E-state index is 0.302. The van der Waals surface area contributed by atoms with Gasteiger partial charge in [-0.1, -0.05) is 23.4 Å². The fraction of sp³-hybridized carbons (Fsp3) is 0.250. The van der Waals surface area contributed by atoms with Gasteiger partial charge in [0, 0.05) is 16.9 Å². The van der Waals surface area contributed by atoms with Crippen LogP contribution >= 0.6 is 0 Å². The Balaban J connectivity index is 1.48. The molecule has 1 amide bonds. The van der Waals surface area contributed by atoms with E-state index >= 15 is 0 Å². The maximum Gasteiger partial charge on any atom is 0.414 e. The van der Waals surface area contributed by atoms with Crippen molar-refractivity contribution in [1.29, 1.82) is 0 Å². The number of rotatable bonds is 5. The average Bonchev–Trinajstić information content (AvgIpc) is 3.32. The first-order valence-corrected chi connectivity index (χ1v) is 8.89. The van der Waals surface area contributed by atoms with Gasteiger partial charge >= 0.3 is 6.09 Å². The molecule has 0 radical (unpaired) electrons. The second kappa shape index (κ2) is 7.30. The molecule has 0 bridgehead atoms. The number of benzene rings is 2. The minimum atomic E-state index is -0.346. The van der Waals surface area contributed by atoms with Crippen molar-refractivity contribution in [2.24, 2.45) is 0 Å². The first kappa shape index (κ1) is 18.0. The van der Waals surface area contributed by atoms with E-state index in [0.29, 0.717) is 42.5 Å². The van der Waals surface area contributed by atoms with Gasteiger partial charge in [-0.25, -0.2) is 9.18 Å². The molecule has 1 fully saturated rings. The summed E-state index contributed by atoms with van der Waals surface area (Å²) in [6.45, 7) is 4.88. The van der Waals surface area contributed by atoms with Crippen LogP contribution in [0.4, 0.5) is 20.6 Å². The number of hydrogen-bond acceptors (Lipinski definition) is 6. The van der Waals surface area contributed by atoms with Gasteiger partial charge < -0.3 is 14.6 Å². The van der Waals surface area contributed by atoms with Crippen LogP contribution in [-0.4, -0.2) is 29.4 Å². The van der Waals surface area contributed by atoms with E-state index in [-0.39, 0.29) is 11.9 Å². The number of halogens is 1. The van der Waals surface area contributed by atoms with E-state index < -0.39 is 0 Å². The number of nitrogens with one attached hydrogen (secondary N) is 1. The monoisotopic (exact) mass is 382 g/mol. The van der Waals surface area contributed by atoms with Crippen molar-refractivity contribution >= 4 is 17.5 Å². The molecule has 4 rings (SSSR count). The van der Waals surface area contributed by atoms with E-state index in [0.717, 1.165) is 16.9 Å². The van der Waals surface area contributed by atoms with E-state index in [2.05, 4.69) is 15.5 Å². The van der Waals surface area contributed by atoms with E-state index in [1.165, 1.54) is 6.07 Å². The highest BCUT2D eigenvalue weighted by molar-refractivity contribution is 5.90. The number of aromatic nitrogens is 2. The number of aryl methyl sites for hydroxylation is 2. The molecule has 7 nitrogen and oxygen atoms in total. The maximum atomic E-state index is 13.7. The van der Waals surface area contributed by atoms with Gasteiger partial charge in [-0.05, 0) is 43.2 Å². The standard InChI is InChI=1S/C20H19FN4O3/c1-12-3-5-14(9-16(12)21)19-23-18(28-24-19)11-22-17-10-15(6-4-13(17)2)25-7-8-27-20(25)26/h3-6,9-10,22H,7-8,11H2,1-2H3. The van der Waals surface area contributed by atoms with Crippen LogP contribution in [0.5, 0.6) is 0 Å². The zero-order chi connectivity index (χ0) is 19.7. The van der Waals surface area contributed by atoms with Crippen molar-refractivity contribution < 1.29 is 18.4 Å². The topological polar surface area (TPSA) is 80.5 Å². The van der Waals surface area contributed by atoms with Crippen molar-refractivity contribution in [2.75, 3.05) is 23.4 Å². The van der Waals surface area contributed by atoms with Crippen molar-refractivity contribution in [3.05, 3.63) is 59.2 Å². The Morgan fingerprint density at radius 1 is 1.18 bits per heavy atom. The molecule has 0 atom stereocenters. The normalized spacial score (nSPS) is 13.7. The summed E-state index contributed by atoms with van der Waals surface area (Å²) in [5.74, 6) is 0.400. The number of carbonyl (C=O) groups excluding carboxylic acids is 1. The average molecular weight is 382 g/mol. The molecule has 0 saturated carbocycles. The van der Waals surface area contributed by atoms with Gasteiger partial charge in [0.05, 0.1) is 13.1 Å². The van der Waals surface area contributed by atoms with Gasteiger partial charge in [-0.3, -0.25) is 4.90 Å². The lowest BCUT2D eigenvalue weighted by Gasteiger charge is -2.16. The minimum Gasteiger partial charge on any atom is -0.447 e. The fourth-order valence-corrected chi connectivity index (χ4v) is 2.94. The molecule has 1 N–H and O–H groups in total. The molecular formula is C20H19FN4O3. The summed E-state index contributed by atoms with van der Waals surface area (Å²) in [7, 11) is 0. The van der Waals surface area contributed by atoms with Crippen molar-refractivity contribution in [2.45, 2.75) is 20.4 Å². The zero-order valence-corrected chi connectivity index (χ0v) is 15.5. The molecule has 8 heteroatoms. The Bertz CT molecular complexity index is 1030. The Kier molecular flexibility index (Phi) is 4.68. The van der Waals surface area contributed by atoms with Crippen molar-refractivity contribution in [3.63, 3.8) is 0 Å². The number of ether oxygens (including phenoxy) is 1. The van der Waals surface area contributed by atoms with Crippen LogP contribution in [-0.2, 0) is 11.3 Å². The molecule has 3 aromatic rings. The van der Waals surface area contributed by atoms with Crippen LogP contribution in [0.2, 0.25) is 0 Å². The van der Waals surface area contributed by atoms with Crippen LogP contribution in [0.25, 0.3) is 11.4 Å². The SMILES string of the molecule is Cc1ccc(-c2noc(CNc3cc(N4CCOC4=O)ccc3C)n2)cc1F. The summed E-state index contributed by atoms with van der Waals surface area (Å²) in [5, 5.41) is 7.16. The Morgan fingerprint density at radius 2 is 2.00 bits per heavy atom. The molecule has 144 valence electrons. The summed E-state index contributed by atoms with van der Waals surface area (Å²) < 4.78 is 24.0. The van der Waals surface area contributed by atoms with E-state index in [4.69, 9.17) is 9.26 Å². The molecule has 0 spiro atoms. The van der Waals surface area contributed by atoms with Crippen LogP contribution in [0, 0.1) is 19.7 Å². The number of cyclic esters (lactones) is 1. The van der Waals surface area contributed by atoms with Crippen LogP contribution in [0.3, 0.4) is 0 Å². The van der Waals surface area contributed by atoms with Gasteiger partial charge in [0.15, 0.2) is 0 Å². The first-order chi connectivity index (χ1) is 13.5. The molecule has 1 saturated heterocycles. The second-order valence-corrected chi connectivity index (χ2v) is 6.59. The number of nitrogens with zero attached hydrogens (tertiary/aromatic N) is 3. The number of carbonyl (C=O) groups is 1. The lowest BCUT2D eigenvalue weighted by atomic mass is 10.1. The smallest absolute Gasteiger partial charge is 0.414 e. The zero-order valence-electron chi connectivity index (χ0n) is 15.5. The summed E-state index contributed by atoms with van der Waals surface area (Å²) in [6.07, 6.45) is -0.346. The molecule has 1 aliphatic rings. The fourth-order valence-electron chi connectivity index (χ4n) is 2.94.